The highest BCUT2D eigenvalue weighted by Crippen LogP contribution is 2.39. The Morgan fingerprint density at radius 1 is 0.857 bits per heavy atom. The van der Waals surface area contributed by atoms with Gasteiger partial charge >= 0.3 is 17.9 Å². The zero-order valence-electron chi connectivity index (χ0n) is 11.5. The van der Waals surface area contributed by atoms with Crippen molar-refractivity contribution in [2.45, 2.75) is 19.3 Å². The Bertz CT molecular complexity index is 502. The molecule has 0 aliphatic rings. The van der Waals surface area contributed by atoms with Gasteiger partial charge in [0.15, 0.2) is 0 Å². The van der Waals surface area contributed by atoms with E-state index in [1.807, 2.05) is 0 Å². The number of carboxylic acid groups (broad SMARTS) is 3. The number of allylic oxidation sites excluding steroid dienone is 3. The summed E-state index contributed by atoms with van der Waals surface area (Å²) in [7, 11) is 0. The van der Waals surface area contributed by atoms with E-state index in [1.54, 1.807) is 0 Å². The second-order valence-corrected chi connectivity index (χ2v) is 4.33. The van der Waals surface area contributed by atoms with Crippen molar-refractivity contribution >= 4 is 17.9 Å². The van der Waals surface area contributed by atoms with E-state index in [0.29, 0.717) is 0 Å². The zero-order chi connectivity index (χ0) is 16.6. The van der Waals surface area contributed by atoms with Crippen LogP contribution in [0.1, 0.15) is 19.3 Å². The summed E-state index contributed by atoms with van der Waals surface area (Å²) in [6.07, 6.45) is 2.97. The monoisotopic (exact) mass is 294 g/mol. The fourth-order valence-corrected chi connectivity index (χ4v) is 2.13. The third-order valence-corrected chi connectivity index (χ3v) is 3.00. The third kappa shape index (κ3) is 3.92. The number of hydrogen-bond donors (Lipinski definition) is 3. The van der Waals surface area contributed by atoms with Gasteiger partial charge in [0.05, 0.1) is 11.1 Å². The summed E-state index contributed by atoms with van der Waals surface area (Å²) in [5.74, 6) is -4.53. The zero-order valence-corrected chi connectivity index (χ0v) is 11.5. The first-order valence-corrected chi connectivity index (χ1v) is 6.04. The van der Waals surface area contributed by atoms with Crippen LogP contribution < -0.4 is 0 Å². The summed E-state index contributed by atoms with van der Waals surface area (Å²) in [4.78, 5) is 34.5. The van der Waals surface area contributed by atoms with Gasteiger partial charge in [-0.05, 0) is 19.3 Å². The van der Waals surface area contributed by atoms with Crippen LogP contribution >= 0.6 is 0 Å². The van der Waals surface area contributed by atoms with Crippen molar-refractivity contribution in [1.29, 1.82) is 0 Å². The Morgan fingerprint density at radius 2 is 1.33 bits per heavy atom. The lowest BCUT2D eigenvalue weighted by atomic mass is 9.72. The molecule has 0 aliphatic heterocycles. The van der Waals surface area contributed by atoms with Crippen molar-refractivity contribution in [3.05, 3.63) is 49.1 Å². The van der Waals surface area contributed by atoms with Gasteiger partial charge in [-0.1, -0.05) is 18.2 Å². The van der Waals surface area contributed by atoms with E-state index in [1.165, 1.54) is 18.2 Å². The van der Waals surface area contributed by atoms with Gasteiger partial charge in [0.2, 0.25) is 0 Å². The van der Waals surface area contributed by atoms with Gasteiger partial charge < -0.3 is 15.3 Å². The standard InChI is InChI=1S/C15H18O6/c1-4-7-10(12(16)17)11(13(18)19)15(8-5-2,9-6-3)14(20)21/h4-6H,1-3,7-9H2,(H,16,17)(H,18,19)(H,20,21). The molecule has 0 aromatic rings. The average molecular weight is 294 g/mol. The van der Waals surface area contributed by atoms with Crippen LogP contribution in [0.15, 0.2) is 49.1 Å². The Labute approximate surface area is 122 Å². The van der Waals surface area contributed by atoms with Crippen LogP contribution in [0.3, 0.4) is 0 Å². The minimum atomic E-state index is -1.92. The maximum atomic E-state index is 11.7. The first-order valence-electron chi connectivity index (χ1n) is 6.04. The van der Waals surface area contributed by atoms with Gasteiger partial charge in [0, 0.05) is 0 Å². The molecule has 0 aromatic carbocycles. The molecule has 114 valence electrons. The second-order valence-electron chi connectivity index (χ2n) is 4.33. The van der Waals surface area contributed by atoms with Gasteiger partial charge in [0.25, 0.3) is 0 Å². The van der Waals surface area contributed by atoms with Gasteiger partial charge in [0.1, 0.15) is 5.41 Å². The maximum absolute atomic E-state index is 11.7. The highest BCUT2D eigenvalue weighted by Gasteiger charge is 2.46. The first-order chi connectivity index (χ1) is 9.78. The molecular formula is C15H18O6. The molecule has 0 rings (SSSR count). The van der Waals surface area contributed by atoms with Crippen molar-refractivity contribution in [3.63, 3.8) is 0 Å². The Morgan fingerprint density at radius 3 is 1.57 bits per heavy atom. The molecule has 0 spiro atoms. The van der Waals surface area contributed by atoms with Crippen LogP contribution in [-0.2, 0) is 14.4 Å². The lowest BCUT2D eigenvalue weighted by molar-refractivity contribution is -0.150. The molecular weight excluding hydrogens is 276 g/mol. The first kappa shape index (κ1) is 18.4. The molecule has 21 heavy (non-hydrogen) atoms. The molecule has 0 heterocycles. The fraction of sp³-hybridized carbons (Fsp3) is 0.267. The number of carbonyl (C=O) groups is 3. The average Bonchev–Trinajstić information content (AvgIpc) is 2.37. The lowest BCUT2D eigenvalue weighted by Crippen LogP contribution is -2.37. The van der Waals surface area contributed by atoms with Crippen molar-refractivity contribution in [2.24, 2.45) is 5.41 Å². The summed E-state index contributed by atoms with van der Waals surface area (Å²) in [5.41, 5.74) is -3.11. The SMILES string of the molecule is C=CCC(C(=O)O)=C(C(=O)O)C(CC=C)(CC=C)C(=O)O. The van der Waals surface area contributed by atoms with Crippen LogP contribution in [0.5, 0.6) is 0 Å². The highest BCUT2D eigenvalue weighted by atomic mass is 16.4. The van der Waals surface area contributed by atoms with Crippen molar-refractivity contribution < 1.29 is 29.7 Å². The molecule has 0 saturated heterocycles. The highest BCUT2D eigenvalue weighted by molar-refractivity contribution is 6.04. The van der Waals surface area contributed by atoms with Crippen LogP contribution in [-0.4, -0.2) is 33.2 Å². The summed E-state index contributed by atoms with van der Waals surface area (Å²) < 4.78 is 0. The minimum Gasteiger partial charge on any atom is -0.481 e. The molecule has 3 N–H and O–H groups in total. The Kier molecular flexibility index (Phi) is 6.86. The molecule has 0 unspecified atom stereocenters. The predicted molar refractivity (Wildman–Crippen MR) is 76.8 cm³/mol. The predicted octanol–water partition coefficient (Wildman–Crippen LogP) is 2.25. The molecule has 0 amide bonds. The normalized spacial score (nSPS) is 12.0. The van der Waals surface area contributed by atoms with E-state index < -0.39 is 34.5 Å². The van der Waals surface area contributed by atoms with E-state index in [9.17, 15) is 29.7 Å². The topological polar surface area (TPSA) is 112 Å². The molecule has 0 radical (unpaired) electrons. The minimum absolute atomic E-state index is 0.232. The number of carboxylic acids is 3. The fourth-order valence-electron chi connectivity index (χ4n) is 2.13. The number of hydrogen-bond acceptors (Lipinski definition) is 3. The molecule has 6 heteroatoms. The van der Waals surface area contributed by atoms with Crippen molar-refractivity contribution in [3.8, 4) is 0 Å². The summed E-state index contributed by atoms with van der Waals surface area (Å²) in [6, 6.07) is 0. The van der Waals surface area contributed by atoms with Crippen LogP contribution in [0.25, 0.3) is 0 Å². The van der Waals surface area contributed by atoms with E-state index in [2.05, 4.69) is 19.7 Å². The van der Waals surface area contributed by atoms with Crippen molar-refractivity contribution in [1.82, 2.24) is 0 Å². The molecule has 0 fully saturated rings. The third-order valence-electron chi connectivity index (χ3n) is 3.00. The summed E-state index contributed by atoms with van der Waals surface area (Å²) in [6.45, 7) is 10.2. The van der Waals surface area contributed by atoms with Crippen LogP contribution in [0.2, 0.25) is 0 Å². The van der Waals surface area contributed by atoms with Crippen LogP contribution in [0, 0.1) is 5.41 Å². The van der Waals surface area contributed by atoms with Crippen molar-refractivity contribution in [2.75, 3.05) is 0 Å². The van der Waals surface area contributed by atoms with Gasteiger partial charge in [-0.25, -0.2) is 9.59 Å². The van der Waals surface area contributed by atoms with E-state index in [0.717, 1.165) is 0 Å². The van der Waals surface area contributed by atoms with E-state index in [-0.39, 0.29) is 19.3 Å². The molecule has 6 nitrogen and oxygen atoms in total. The van der Waals surface area contributed by atoms with Crippen LogP contribution in [0.4, 0.5) is 0 Å². The Hall–Kier alpha value is -2.63. The Balaban J connectivity index is 6.61. The number of rotatable bonds is 10. The number of aliphatic carboxylic acids is 3. The molecule has 0 aliphatic carbocycles. The summed E-state index contributed by atoms with van der Waals surface area (Å²) in [5, 5.41) is 28.1. The van der Waals surface area contributed by atoms with E-state index >= 15 is 0 Å². The lowest BCUT2D eigenvalue weighted by Gasteiger charge is -2.29. The molecule has 0 bridgehead atoms. The van der Waals surface area contributed by atoms with Gasteiger partial charge in [-0.15, -0.1) is 19.7 Å². The largest absolute Gasteiger partial charge is 0.481 e. The van der Waals surface area contributed by atoms with E-state index in [4.69, 9.17) is 0 Å². The summed E-state index contributed by atoms with van der Waals surface area (Å²) >= 11 is 0. The maximum Gasteiger partial charge on any atom is 0.333 e. The van der Waals surface area contributed by atoms with Gasteiger partial charge in [-0.3, -0.25) is 4.79 Å². The van der Waals surface area contributed by atoms with Gasteiger partial charge in [-0.2, -0.15) is 0 Å². The molecule has 0 atom stereocenters. The smallest absolute Gasteiger partial charge is 0.333 e. The molecule has 0 saturated carbocycles. The molecule has 0 aromatic heterocycles. The quantitative estimate of drug-likeness (QED) is 0.421. The second kappa shape index (κ2) is 7.84.